The van der Waals surface area contributed by atoms with E-state index in [2.05, 4.69) is 6.92 Å². The molecule has 0 N–H and O–H groups in total. The van der Waals surface area contributed by atoms with Crippen LogP contribution in [-0.2, 0) is 15.9 Å². The molecule has 0 radical (unpaired) electrons. The SMILES string of the molecule is CCCCN(C(C)CC)S(=O)(=O)c1ccc(Cl)c(CCl)c1. The van der Waals surface area contributed by atoms with Crippen molar-refractivity contribution in [2.45, 2.75) is 56.9 Å². The lowest BCUT2D eigenvalue weighted by Gasteiger charge is -2.27. The summed E-state index contributed by atoms with van der Waals surface area (Å²) in [6.45, 7) is 6.51. The molecule has 0 aromatic heterocycles. The Bertz CT molecular complexity index is 561. The Morgan fingerprint density at radius 2 is 1.95 bits per heavy atom. The summed E-state index contributed by atoms with van der Waals surface area (Å²) in [5, 5.41) is 0.493. The van der Waals surface area contributed by atoms with Crippen molar-refractivity contribution in [2.75, 3.05) is 6.54 Å². The molecule has 1 unspecified atom stereocenters. The zero-order chi connectivity index (χ0) is 16.0. The van der Waals surface area contributed by atoms with E-state index in [-0.39, 0.29) is 16.8 Å². The number of nitrogens with zero attached hydrogens (tertiary/aromatic N) is 1. The van der Waals surface area contributed by atoms with Gasteiger partial charge in [0.25, 0.3) is 0 Å². The van der Waals surface area contributed by atoms with Crippen LogP contribution in [0.2, 0.25) is 5.02 Å². The molecule has 1 rings (SSSR count). The Morgan fingerprint density at radius 1 is 1.29 bits per heavy atom. The molecular weight excluding hydrogens is 329 g/mol. The summed E-state index contributed by atoms with van der Waals surface area (Å²) in [6, 6.07) is 4.69. The summed E-state index contributed by atoms with van der Waals surface area (Å²) < 4.78 is 27.3. The van der Waals surface area contributed by atoms with E-state index in [1.807, 2.05) is 13.8 Å². The zero-order valence-corrected chi connectivity index (χ0v) is 15.1. The third-order valence-corrected chi connectivity index (χ3v) is 6.25. The molecule has 0 heterocycles. The van der Waals surface area contributed by atoms with Crippen LogP contribution in [-0.4, -0.2) is 25.3 Å². The van der Waals surface area contributed by atoms with Crippen LogP contribution >= 0.6 is 23.2 Å². The standard InChI is InChI=1S/C15H23Cl2NO2S/c1-4-6-9-18(12(3)5-2)21(19,20)14-7-8-15(17)13(10-14)11-16/h7-8,10,12H,4-6,9,11H2,1-3H3. The summed E-state index contributed by atoms with van der Waals surface area (Å²) in [7, 11) is -3.52. The summed E-state index contributed by atoms with van der Waals surface area (Å²) in [6.07, 6.45) is 2.58. The lowest BCUT2D eigenvalue weighted by Crippen LogP contribution is -2.39. The third kappa shape index (κ3) is 4.59. The molecule has 0 aliphatic rings. The van der Waals surface area contributed by atoms with Gasteiger partial charge in [-0.3, -0.25) is 0 Å². The van der Waals surface area contributed by atoms with Gasteiger partial charge in [-0.05, 0) is 43.5 Å². The fourth-order valence-electron chi connectivity index (χ4n) is 2.04. The highest BCUT2D eigenvalue weighted by atomic mass is 35.5. The number of alkyl halides is 1. The number of halogens is 2. The highest BCUT2D eigenvalue weighted by Gasteiger charge is 2.28. The average Bonchev–Trinajstić information content (AvgIpc) is 2.47. The molecule has 6 heteroatoms. The zero-order valence-electron chi connectivity index (χ0n) is 12.8. The Kier molecular flexibility index (Phi) is 7.48. The predicted molar refractivity (Wildman–Crippen MR) is 89.6 cm³/mol. The monoisotopic (exact) mass is 351 g/mol. The minimum absolute atomic E-state index is 0.0309. The van der Waals surface area contributed by atoms with E-state index in [1.165, 1.54) is 0 Å². The Labute approximate surface area is 138 Å². The number of hydrogen-bond donors (Lipinski definition) is 0. The highest BCUT2D eigenvalue weighted by molar-refractivity contribution is 7.89. The lowest BCUT2D eigenvalue weighted by atomic mass is 10.2. The first-order valence-electron chi connectivity index (χ1n) is 7.24. The second kappa shape index (κ2) is 8.37. The molecule has 0 bridgehead atoms. The first-order valence-corrected chi connectivity index (χ1v) is 9.59. The number of benzene rings is 1. The topological polar surface area (TPSA) is 37.4 Å². The highest BCUT2D eigenvalue weighted by Crippen LogP contribution is 2.26. The van der Waals surface area contributed by atoms with Gasteiger partial charge in [0.05, 0.1) is 4.90 Å². The summed E-state index contributed by atoms with van der Waals surface area (Å²) in [5.41, 5.74) is 0.638. The molecule has 120 valence electrons. The molecule has 0 aliphatic carbocycles. The molecule has 1 aromatic carbocycles. The van der Waals surface area contributed by atoms with Gasteiger partial charge in [-0.1, -0.05) is 31.9 Å². The van der Waals surface area contributed by atoms with Crippen LogP contribution in [0.5, 0.6) is 0 Å². The van der Waals surface area contributed by atoms with Crippen LogP contribution in [0.4, 0.5) is 0 Å². The van der Waals surface area contributed by atoms with E-state index in [0.29, 0.717) is 17.1 Å². The summed E-state index contributed by atoms with van der Waals surface area (Å²) in [5.74, 6) is 0.195. The van der Waals surface area contributed by atoms with Crippen LogP contribution < -0.4 is 0 Å². The molecule has 21 heavy (non-hydrogen) atoms. The number of hydrogen-bond acceptors (Lipinski definition) is 2. The molecule has 0 saturated heterocycles. The van der Waals surface area contributed by atoms with Gasteiger partial charge < -0.3 is 0 Å². The van der Waals surface area contributed by atoms with Crippen LogP contribution in [0.3, 0.4) is 0 Å². The second-order valence-electron chi connectivity index (χ2n) is 5.11. The molecule has 0 aliphatic heterocycles. The van der Waals surface area contributed by atoms with Crippen molar-refractivity contribution in [2.24, 2.45) is 0 Å². The van der Waals surface area contributed by atoms with Crippen LogP contribution in [0.15, 0.2) is 23.1 Å². The van der Waals surface area contributed by atoms with Gasteiger partial charge in [0.1, 0.15) is 0 Å². The van der Waals surface area contributed by atoms with Crippen molar-refractivity contribution >= 4 is 33.2 Å². The third-order valence-electron chi connectivity index (χ3n) is 3.58. The maximum atomic E-state index is 12.9. The van der Waals surface area contributed by atoms with Crippen LogP contribution in [0, 0.1) is 0 Å². The minimum atomic E-state index is -3.52. The molecule has 0 fully saturated rings. The largest absolute Gasteiger partial charge is 0.243 e. The van der Waals surface area contributed by atoms with Crippen LogP contribution in [0.25, 0.3) is 0 Å². The summed E-state index contributed by atoms with van der Waals surface area (Å²) in [4.78, 5) is 0.263. The van der Waals surface area contributed by atoms with Gasteiger partial charge in [-0.25, -0.2) is 8.42 Å². The van der Waals surface area contributed by atoms with Gasteiger partial charge in [0, 0.05) is 23.5 Å². The average molecular weight is 352 g/mol. The fourth-order valence-corrected chi connectivity index (χ4v) is 4.31. The van der Waals surface area contributed by atoms with Gasteiger partial charge in [-0.15, -0.1) is 11.6 Å². The van der Waals surface area contributed by atoms with E-state index in [1.54, 1.807) is 22.5 Å². The van der Waals surface area contributed by atoms with Crippen molar-refractivity contribution in [1.29, 1.82) is 0 Å². The maximum Gasteiger partial charge on any atom is 0.243 e. The van der Waals surface area contributed by atoms with E-state index in [4.69, 9.17) is 23.2 Å². The molecule has 0 amide bonds. The van der Waals surface area contributed by atoms with Crippen molar-refractivity contribution < 1.29 is 8.42 Å². The smallest absolute Gasteiger partial charge is 0.207 e. The van der Waals surface area contributed by atoms with Crippen molar-refractivity contribution in [3.05, 3.63) is 28.8 Å². The molecule has 1 aromatic rings. The maximum absolute atomic E-state index is 12.9. The van der Waals surface area contributed by atoms with Gasteiger partial charge >= 0.3 is 0 Å². The quantitative estimate of drug-likeness (QED) is 0.638. The van der Waals surface area contributed by atoms with Gasteiger partial charge in [-0.2, -0.15) is 4.31 Å². The van der Waals surface area contributed by atoms with E-state index in [0.717, 1.165) is 19.3 Å². The number of unbranched alkanes of at least 4 members (excludes halogenated alkanes) is 1. The first-order chi connectivity index (χ1) is 9.88. The van der Waals surface area contributed by atoms with Crippen molar-refractivity contribution in [1.82, 2.24) is 4.31 Å². The Balaban J connectivity index is 3.21. The Morgan fingerprint density at radius 3 is 2.48 bits per heavy atom. The number of rotatable bonds is 8. The van der Waals surface area contributed by atoms with Crippen molar-refractivity contribution in [3.8, 4) is 0 Å². The van der Waals surface area contributed by atoms with E-state index < -0.39 is 10.0 Å². The van der Waals surface area contributed by atoms with Crippen LogP contribution in [0.1, 0.15) is 45.6 Å². The fraction of sp³-hybridized carbons (Fsp3) is 0.600. The predicted octanol–water partition coefficient (Wildman–Crippen LogP) is 4.67. The van der Waals surface area contributed by atoms with Gasteiger partial charge in [0.15, 0.2) is 0 Å². The molecular formula is C15H23Cl2NO2S. The molecule has 1 atom stereocenters. The molecule has 0 spiro atoms. The number of sulfonamides is 1. The van der Waals surface area contributed by atoms with Crippen molar-refractivity contribution in [3.63, 3.8) is 0 Å². The summed E-state index contributed by atoms with van der Waals surface area (Å²) >= 11 is 11.8. The second-order valence-corrected chi connectivity index (χ2v) is 7.68. The van der Waals surface area contributed by atoms with Gasteiger partial charge in [0.2, 0.25) is 10.0 Å². The normalized spacial score (nSPS) is 13.6. The molecule has 0 saturated carbocycles. The van der Waals surface area contributed by atoms with E-state index >= 15 is 0 Å². The van der Waals surface area contributed by atoms with E-state index in [9.17, 15) is 8.42 Å². The minimum Gasteiger partial charge on any atom is -0.207 e. The lowest BCUT2D eigenvalue weighted by molar-refractivity contribution is 0.324. The first kappa shape index (κ1) is 18.8. The Hall–Kier alpha value is -0.290. The molecule has 3 nitrogen and oxygen atoms in total.